The number of hydrogen-bond donors (Lipinski definition) is 2. The molecule has 4 aromatic rings. The van der Waals surface area contributed by atoms with Crippen molar-refractivity contribution >= 4 is 0 Å². The van der Waals surface area contributed by atoms with Gasteiger partial charge in [0.2, 0.25) is 0 Å². The van der Waals surface area contributed by atoms with Gasteiger partial charge in [-0.25, -0.2) is 0 Å². The Morgan fingerprint density at radius 3 is 1.94 bits per heavy atom. The lowest BCUT2D eigenvalue weighted by molar-refractivity contribution is -0.137. The molecule has 0 spiro atoms. The Labute approximate surface area is 188 Å². The Morgan fingerprint density at radius 2 is 1.39 bits per heavy atom. The molecular formula is C26H21F3N2O2. The van der Waals surface area contributed by atoms with Crippen LogP contribution in [-0.4, -0.2) is 20.0 Å². The zero-order valence-electron chi connectivity index (χ0n) is 17.5. The topological polar surface area (TPSA) is 58.3 Å². The molecule has 0 bridgehead atoms. The Hall–Kier alpha value is -3.74. The van der Waals surface area contributed by atoms with Crippen molar-refractivity contribution in [3.8, 4) is 45.1 Å². The van der Waals surface area contributed by atoms with E-state index in [0.29, 0.717) is 28.1 Å². The average molecular weight is 450 g/mol. The molecule has 0 radical (unpaired) electrons. The molecule has 1 aromatic heterocycles. The minimum atomic E-state index is -4.47. The monoisotopic (exact) mass is 450 g/mol. The third kappa shape index (κ3) is 3.95. The summed E-state index contributed by atoms with van der Waals surface area (Å²) in [6, 6.07) is 18.5. The van der Waals surface area contributed by atoms with Crippen molar-refractivity contribution in [1.82, 2.24) is 9.78 Å². The van der Waals surface area contributed by atoms with E-state index in [0.717, 1.165) is 37.0 Å². The van der Waals surface area contributed by atoms with E-state index in [9.17, 15) is 23.4 Å². The summed E-state index contributed by atoms with van der Waals surface area (Å²) in [6.45, 7) is 0. The van der Waals surface area contributed by atoms with E-state index in [4.69, 9.17) is 5.10 Å². The van der Waals surface area contributed by atoms with Crippen molar-refractivity contribution in [1.29, 1.82) is 0 Å². The first-order chi connectivity index (χ1) is 15.8. The van der Waals surface area contributed by atoms with Gasteiger partial charge in [0.05, 0.1) is 17.3 Å². The van der Waals surface area contributed by atoms with Crippen LogP contribution < -0.4 is 0 Å². The quantitative estimate of drug-likeness (QED) is 0.351. The van der Waals surface area contributed by atoms with Gasteiger partial charge in [-0.2, -0.15) is 18.3 Å². The molecule has 0 saturated heterocycles. The van der Waals surface area contributed by atoms with Crippen LogP contribution in [0, 0.1) is 0 Å². The first-order valence-electron chi connectivity index (χ1n) is 10.7. The Balaban J connectivity index is 1.82. The molecule has 5 rings (SSSR count). The standard InChI is InChI=1S/C26H21F3N2O2/c27-26(28,29)19-4-1-3-18(15-19)23-24(16-7-11-21(32)12-8-16)30-31(20-5-2-6-20)25(23)17-9-13-22(33)14-10-17/h1,3-4,7-15,20,32-33H,2,5-6H2. The van der Waals surface area contributed by atoms with Crippen LogP contribution in [0.5, 0.6) is 11.5 Å². The highest BCUT2D eigenvalue weighted by molar-refractivity contribution is 5.92. The molecular weight excluding hydrogens is 429 g/mol. The number of halogens is 3. The first kappa shape index (κ1) is 21.1. The van der Waals surface area contributed by atoms with Crippen molar-refractivity contribution in [2.45, 2.75) is 31.5 Å². The van der Waals surface area contributed by atoms with Gasteiger partial charge in [-0.15, -0.1) is 0 Å². The molecule has 1 saturated carbocycles. The highest BCUT2D eigenvalue weighted by Crippen LogP contribution is 2.45. The summed E-state index contributed by atoms with van der Waals surface area (Å²) in [5.74, 6) is 0.199. The second-order valence-corrected chi connectivity index (χ2v) is 8.27. The van der Waals surface area contributed by atoms with Crippen LogP contribution in [0.2, 0.25) is 0 Å². The van der Waals surface area contributed by atoms with E-state index in [-0.39, 0.29) is 17.5 Å². The van der Waals surface area contributed by atoms with E-state index >= 15 is 0 Å². The van der Waals surface area contributed by atoms with Gasteiger partial charge in [-0.05, 0) is 85.5 Å². The van der Waals surface area contributed by atoms with Gasteiger partial charge in [0, 0.05) is 16.7 Å². The number of rotatable bonds is 4. The maximum absolute atomic E-state index is 13.5. The molecule has 2 N–H and O–H groups in total. The minimum absolute atomic E-state index is 0.0940. The summed E-state index contributed by atoms with van der Waals surface area (Å²) in [7, 11) is 0. The molecule has 0 amide bonds. The predicted octanol–water partition coefficient (Wildman–Crippen LogP) is 7.04. The maximum atomic E-state index is 13.5. The maximum Gasteiger partial charge on any atom is 0.416 e. The summed E-state index contributed by atoms with van der Waals surface area (Å²) in [4.78, 5) is 0. The van der Waals surface area contributed by atoms with E-state index < -0.39 is 11.7 Å². The van der Waals surface area contributed by atoms with Crippen LogP contribution in [-0.2, 0) is 6.18 Å². The lowest BCUT2D eigenvalue weighted by Gasteiger charge is -2.28. The molecule has 3 aromatic carbocycles. The van der Waals surface area contributed by atoms with Crippen molar-refractivity contribution in [3.05, 3.63) is 78.4 Å². The van der Waals surface area contributed by atoms with Gasteiger partial charge >= 0.3 is 6.18 Å². The van der Waals surface area contributed by atoms with E-state index in [1.165, 1.54) is 18.2 Å². The number of benzene rings is 3. The largest absolute Gasteiger partial charge is 0.508 e. The SMILES string of the molecule is Oc1ccc(-c2nn(C3CCC3)c(-c3ccc(O)cc3)c2-c2cccc(C(F)(F)F)c2)cc1. The molecule has 1 aliphatic carbocycles. The van der Waals surface area contributed by atoms with Crippen molar-refractivity contribution in [3.63, 3.8) is 0 Å². The molecule has 0 atom stereocenters. The van der Waals surface area contributed by atoms with Crippen molar-refractivity contribution in [2.24, 2.45) is 0 Å². The number of phenolic OH excluding ortho intramolecular Hbond substituents is 2. The molecule has 1 heterocycles. The summed E-state index contributed by atoms with van der Waals surface area (Å²) in [6.07, 6.45) is -1.54. The third-order valence-corrected chi connectivity index (χ3v) is 6.09. The molecule has 7 heteroatoms. The van der Waals surface area contributed by atoms with E-state index in [1.807, 2.05) is 4.68 Å². The molecule has 1 aliphatic rings. The highest BCUT2D eigenvalue weighted by Gasteiger charge is 2.33. The van der Waals surface area contributed by atoms with Gasteiger partial charge in [0.25, 0.3) is 0 Å². The Kier molecular flexibility index (Phi) is 5.12. The second-order valence-electron chi connectivity index (χ2n) is 8.27. The number of hydrogen-bond acceptors (Lipinski definition) is 3. The van der Waals surface area contributed by atoms with Gasteiger partial charge < -0.3 is 10.2 Å². The summed E-state index contributed by atoms with van der Waals surface area (Å²) < 4.78 is 42.5. The number of aromatic hydroxyl groups is 2. The average Bonchev–Trinajstić information content (AvgIpc) is 3.13. The molecule has 4 nitrogen and oxygen atoms in total. The molecule has 0 unspecified atom stereocenters. The molecule has 33 heavy (non-hydrogen) atoms. The molecule has 0 aliphatic heterocycles. The summed E-state index contributed by atoms with van der Waals surface area (Å²) >= 11 is 0. The predicted molar refractivity (Wildman–Crippen MR) is 120 cm³/mol. The third-order valence-electron chi connectivity index (χ3n) is 6.09. The van der Waals surface area contributed by atoms with Crippen LogP contribution >= 0.6 is 0 Å². The smallest absolute Gasteiger partial charge is 0.416 e. The molecule has 1 fully saturated rings. The van der Waals surface area contributed by atoms with Crippen LogP contribution in [0.25, 0.3) is 33.6 Å². The zero-order chi connectivity index (χ0) is 23.2. The number of alkyl halides is 3. The Bertz CT molecular complexity index is 1290. The lowest BCUT2D eigenvalue weighted by Crippen LogP contribution is -2.19. The second kappa shape index (κ2) is 7.99. The number of nitrogens with zero attached hydrogens (tertiary/aromatic N) is 2. The van der Waals surface area contributed by atoms with Gasteiger partial charge in [0.1, 0.15) is 17.2 Å². The number of phenols is 2. The van der Waals surface area contributed by atoms with Crippen LogP contribution in [0.3, 0.4) is 0 Å². The van der Waals surface area contributed by atoms with E-state index in [2.05, 4.69) is 0 Å². The fourth-order valence-electron chi connectivity index (χ4n) is 4.17. The van der Waals surface area contributed by atoms with Crippen molar-refractivity contribution in [2.75, 3.05) is 0 Å². The van der Waals surface area contributed by atoms with Gasteiger partial charge in [-0.3, -0.25) is 4.68 Å². The van der Waals surface area contributed by atoms with Crippen LogP contribution in [0.1, 0.15) is 30.9 Å². The van der Waals surface area contributed by atoms with Gasteiger partial charge in [-0.1, -0.05) is 12.1 Å². The van der Waals surface area contributed by atoms with Crippen molar-refractivity contribution < 1.29 is 23.4 Å². The normalized spacial score (nSPS) is 14.3. The first-order valence-corrected chi connectivity index (χ1v) is 10.7. The zero-order valence-corrected chi connectivity index (χ0v) is 17.5. The Morgan fingerprint density at radius 1 is 0.788 bits per heavy atom. The van der Waals surface area contributed by atoms with Crippen LogP contribution in [0.4, 0.5) is 13.2 Å². The van der Waals surface area contributed by atoms with E-state index in [1.54, 1.807) is 42.5 Å². The minimum Gasteiger partial charge on any atom is -0.508 e. The summed E-state index contributed by atoms with van der Waals surface area (Å²) in [5, 5.41) is 24.4. The lowest BCUT2D eigenvalue weighted by atomic mass is 9.91. The number of aromatic nitrogens is 2. The fourth-order valence-corrected chi connectivity index (χ4v) is 4.17. The summed E-state index contributed by atoms with van der Waals surface area (Å²) in [5.41, 5.74) is 2.96. The van der Waals surface area contributed by atoms with Gasteiger partial charge in [0.15, 0.2) is 0 Å². The highest BCUT2D eigenvalue weighted by atomic mass is 19.4. The molecule has 168 valence electrons. The fraction of sp³-hybridized carbons (Fsp3) is 0.192. The van der Waals surface area contributed by atoms with Crippen LogP contribution in [0.15, 0.2) is 72.8 Å².